The van der Waals surface area contributed by atoms with Gasteiger partial charge in [-0.15, -0.1) is 0 Å². The molecule has 1 aliphatic carbocycles. The lowest BCUT2D eigenvalue weighted by Crippen LogP contribution is -2.17. The molecule has 0 radical (unpaired) electrons. The largest absolute Gasteiger partial charge is 0.480 e. The summed E-state index contributed by atoms with van der Waals surface area (Å²) in [5, 5.41) is 3.36. The predicted molar refractivity (Wildman–Crippen MR) is 66.9 cm³/mol. The van der Waals surface area contributed by atoms with E-state index in [9.17, 15) is 0 Å². The van der Waals surface area contributed by atoms with E-state index >= 15 is 0 Å². The lowest BCUT2D eigenvalue weighted by Gasteiger charge is -2.13. The molecule has 1 aromatic rings. The van der Waals surface area contributed by atoms with Crippen molar-refractivity contribution in [2.24, 2.45) is 0 Å². The van der Waals surface area contributed by atoms with Crippen LogP contribution in [0.2, 0.25) is 0 Å². The number of rotatable bonds is 3. The first kappa shape index (κ1) is 11.6. The van der Waals surface area contributed by atoms with E-state index in [1.807, 2.05) is 6.92 Å². The number of methoxy groups -OCH3 is 1. The van der Waals surface area contributed by atoms with Crippen molar-refractivity contribution < 1.29 is 4.74 Å². The standard InChI is InChI=1S/C11H16BrN3O/c1-7-9(12)10(16-2)15-11(13-7)14-8-5-3-4-6-8/h8H,3-6H2,1-2H3,(H,13,14,15). The van der Waals surface area contributed by atoms with Crippen molar-refractivity contribution in [3.63, 3.8) is 0 Å². The number of hydrogen-bond donors (Lipinski definition) is 1. The van der Waals surface area contributed by atoms with E-state index in [1.165, 1.54) is 25.7 Å². The number of aromatic nitrogens is 2. The van der Waals surface area contributed by atoms with E-state index in [-0.39, 0.29) is 0 Å². The van der Waals surface area contributed by atoms with Gasteiger partial charge in [-0.2, -0.15) is 4.98 Å². The van der Waals surface area contributed by atoms with E-state index in [2.05, 4.69) is 31.2 Å². The second-order valence-electron chi connectivity index (χ2n) is 4.08. The normalized spacial score (nSPS) is 16.4. The summed E-state index contributed by atoms with van der Waals surface area (Å²) in [4.78, 5) is 8.72. The molecule has 88 valence electrons. The highest BCUT2D eigenvalue weighted by molar-refractivity contribution is 9.10. The Kier molecular flexibility index (Phi) is 3.63. The van der Waals surface area contributed by atoms with Gasteiger partial charge < -0.3 is 10.1 Å². The topological polar surface area (TPSA) is 47.0 Å². The minimum atomic E-state index is 0.519. The summed E-state index contributed by atoms with van der Waals surface area (Å²) < 4.78 is 6.02. The number of hydrogen-bond acceptors (Lipinski definition) is 4. The first-order valence-corrected chi connectivity index (χ1v) is 6.34. The summed E-state index contributed by atoms with van der Waals surface area (Å²) in [5.74, 6) is 1.26. The highest BCUT2D eigenvalue weighted by Gasteiger charge is 2.17. The Morgan fingerprint density at radius 2 is 2.00 bits per heavy atom. The third-order valence-corrected chi connectivity index (χ3v) is 3.78. The Balaban J connectivity index is 2.17. The minimum Gasteiger partial charge on any atom is -0.480 e. The van der Waals surface area contributed by atoms with E-state index in [0.29, 0.717) is 17.9 Å². The van der Waals surface area contributed by atoms with Crippen LogP contribution in [0.15, 0.2) is 4.47 Å². The van der Waals surface area contributed by atoms with E-state index in [4.69, 9.17) is 4.74 Å². The molecule has 1 aliphatic rings. The first-order chi connectivity index (χ1) is 7.70. The van der Waals surface area contributed by atoms with E-state index in [0.717, 1.165) is 10.2 Å². The first-order valence-electron chi connectivity index (χ1n) is 5.55. The Morgan fingerprint density at radius 3 is 2.62 bits per heavy atom. The van der Waals surface area contributed by atoms with Gasteiger partial charge in [0.05, 0.1) is 12.8 Å². The second kappa shape index (κ2) is 4.99. The lowest BCUT2D eigenvalue weighted by molar-refractivity contribution is 0.393. The summed E-state index contributed by atoms with van der Waals surface area (Å²) >= 11 is 3.41. The fourth-order valence-electron chi connectivity index (χ4n) is 1.99. The van der Waals surface area contributed by atoms with Gasteiger partial charge in [0.1, 0.15) is 4.47 Å². The molecule has 0 saturated heterocycles. The van der Waals surface area contributed by atoms with Gasteiger partial charge in [0, 0.05) is 6.04 Å². The van der Waals surface area contributed by atoms with Crippen LogP contribution >= 0.6 is 15.9 Å². The fraction of sp³-hybridized carbons (Fsp3) is 0.636. The number of nitrogens with zero attached hydrogens (tertiary/aromatic N) is 2. The SMILES string of the molecule is COc1nc(NC2CCCC2)nc(C)c1Br. The van der Waals surface area contributed by atoms with Gasteiger partial charge in [0.15, 0.2) is 0 Å². The molecule has 0 atom stereocenters. The zero-order chi connectivity index (χ0) is 11.5. The molecule has 1 heterocycles. The van der Waals surface area contributed by atoms with Crippen molar-refractivity contribution >= 4 is 21.9 Å². The van der Waals surface area contributed by atoms with Crippen LogP contribution in [0.4, 0.5) is 5.95 Å². The Bertz CT molecular complexity index is 378. The Morgan fingerprint density at radius 1 is 1.31 bits per heavy atom. The van der Waals surface area contributed by atoms with Gasteiger partial charge in [-0.25, -0.2) is 4.98 Å². The molecule has 0 amide bonds. The van der Waals surface area contributed by atoms with Crippen LogP contribution in [0, 0.1) is 6.92 Å². The fourth-order valence-corrected chi connectivity index (χ4v) is 2.32. The van der Waals surface area contributed by atoms with Gasteiger partial charge in [0.2, 0.25) is 11.8 Å². The molecule has 16 heavy (non-hydrogen) atoms. The summed E-state index contributed by atoms with van der Waals surface area (Å²) in [6.07, 6.45) is 5.01. The van der Waals surface area contributed by atoms with Crippen LogP contribution in [0.25, 0.3) is 0 Å². The van der Waals surface area contributed by atoms with Gasteiger partial charge in [0.25, 0.3) is 0 Å². The van der Waals surface area contributed by atoms with Gasteiger partial charge in [-0.05, 0) is 35.7 Å². The molecule has 0 spiro atoms. The van der Waals surface area contributed by atoms with Crippen LogP contribution < -0.4 is 10.1 Å². The monoisotopic (exact) mass is 285 g/mol. The quantitative estimate of drug-likeness (QED) is 0.928. The number of anilines is 1. The average molecular weight is 286 g/mol. The minimum absolute atomic E-state index is 0.519. The highest BCUT2D eigenvalue weighted by atomic mass is 79.9. The zero-order valence-corrected chi connectivity index (χ0v) is 11.2. The third kappa shape index (κ3) is 2.45. The molecule has 4 nitrogen and oxygen atoms in total. The zero-order valence-electron chi connectivity index (χ0n) is 9.59. The van der Waals surface area contributed by atoms with E-state index < -0.39 is 0 Å². The molecule has 1 N–H and O–H groups in total. The Hall–Kier alpha value is -0.840. The maximum absolute atomic E-state index is 5.19. The Labute approximate surface area is 104 Å². The van der Waals surface area contributed by atoms with Gasteiger partial charge >= 0.3 is 0 Å². The van der Waals surface area contributed by atoms with Gasteiger partial charge in [-0.1, -0.05) is 12.8 Å². The smallest absolute Gasteiger partial charge is 0.232 e. The van der Waals surface area contributed by atoms with Crippen molar-refractivity contribution in [2.45, 2.75) is 38.6 Å². The maximum atomic E-state index is 5.19. The molecule has 2 rings (SSSR count). The number of ether oxygens (including phenoxy) is 1. The average Bonchev–Trinajstić information content (AvgIpc) is 2.76. The third-order valence-electron chi connectivity index (χ3n) is 2.87. The van der Waals surface area contributed by atoms with Crippen molar-refractivity contribution in [3.05, 3.63) is 10.2 Å². The number of nitrogens with one attached hydrogen (secondary N) is 1. The summed E-state index contributed by atoms with van der Waals surface area (Å²) in [6, 6.07) is 0.519. The summed E-state index contributed by atoms with van der Waals surface area (Å²) in [6.45, 7) is 1.94. The van der Waals surface area contributed by atoms with Crippen molar-refractivity contribution in [1.29, 1.82) is 0 Å². The summed E-state index contributed by atoms with van der Waals surface area (Å²) in [5.41, 5.74) is 0.896. The molecule has 0 bridgehead atoms. The molecule has 1 saturated carbocycles. The summed E-state index contributed by atoms with van der Waals surface area (Å²) in [7, 11) is 1.62. The number of aryl methyl sites for hydroxylation is 1. The molecular formula is C11H16BrN3O. The van der Waals surface area contributed by atoms with Crippen LogP contribution in [0.3, 0.4) is 0 Å². The van der Waals surface area contributed by atoms with Crippen molar-refractivity contribution in [1.82, 2.24) is 9.97 Å². The highest BCUT2D eigenvalue weighted by Crippen LogP contribution is 2.27. The molecule has 0 aromatic carbocycles. The van der Waals surface area contributed by atoms with Crippen LogP contribution in [-0.4, -0.2) is 23.1 Å². The number of halogens is 1. The van der Waals surface area contributed by atoms with Crippen molar-refractivity contribution in [2.75, 3.05) is 12.4 Å². The van der Waals surface area contributed by atoms with Crippen LogP contribution in [0.1, 0.15) is 31.4 Å². The van der Waals surface area contributed by atoms with Gasteiger partial charge in [-0.3, -0.25) is 0 Å². The van der Waals surface area contributed by atoms with Crippen molar-refractivity contribution in [3.8, 4) is 5.88 Å². The second-order valence-corrected chi connectivity index (χ2v) is 4.87. The molecule has 0 unspecified atom stereocenters. The molecule has 5 heteroatoms. The molecular weight excluding hydrogens is 270 g/mol. The van der Waals surface area contributed by atoms with Crippen LogP contribution in [-0.2, 0) is 0 Å². The van der Waals surface area contributed by atoms with Crippen LogP contribution in [0.5, 0.6) is 5.88 Å². The van der Waals surface area contributed by atoms with E-state index in [1.54, 1.807) is 7.11 Å². The lowest BCUT2D eigenvalue weighted by atomic mass is 10.2. The molecule has 0 aliphatic heterocycles. The molecule has 1 fully saturated rings. The maximum Gasteiger partial charge on any atom is 0.232 e. The predicted octanol–water partition coefficient (Wildman–Crippen LogP) is 2.91. The molecule has 1 aromatic heterocycles.